The summed E-state index contributed by atoms with van der Waals surface area (Å²) in [5.74, 6) is 0.444. The van der Waals surface area contributed by atoms with Crippen molar-refractivity contribution in [1.82, 2.24) is 5.32 Å². The van der Waals surface area contributed by atoms with E-state index in [1.807, 2.05) is 6.07 Å². The van der Waals surface area contributed by atoms with Crippen LogP contribution in [-0.4, -0.2) is 24.4 Å². The van der Waals surface area contributed by atoms with Gasteiger partial charge in [-0.1, -0.05) is 12.1 Å². The first kappa shape index (κ1) is 13.4. The van der Waals surface area contributed by atoms with Crippen LogP contribution in [0.3, 0.4) is 0 Å². The standard InChI is InChI=1S/C15H23NO2/c1-11(2)18-10-4-9-16-14-8-7-13-12(14)5-3-6-15(13)17/h3,5-6,11,14,16-17H,4,7-10H2,1-2H3. The van der Waals surface area contributed by atoms with Gasteiger partial charge in [0.25, 0.3) is 0 Å². The Kier molecular flexibility index (Phi) is 4.61. The second-order valence-corrected chi connectivity index (χ2v) is 5.16. The number of aromatic hydroxyl groups is 1. The fraction of sp³-hybridized carbons (Fsp3) is 0.600. The molecule has 1 aromatic rings. The van der Waals surface area contributed by atoms with Gasteiger partial charge in [0.15, 0.2) is 0 Å². The molecule has 3 nitrogen and oxygen atoms in total. The minimum absolute atomic E-state index is 0.314. The molecule has 0 saturated heterocycles. The molecule has 0 aromatic heterocycles. The summed E-state index contributed by atoms with van der Waals surface area (Å²) in [4.78, 5) is 0. The van der Waals surface area contributed by atoms with Crippen LogP contribution in [0.2, 0.25) is 0 Å². The Balaban J connectivity index is 1.78. The molecular weight excluding hydrogens is 226 g/mol. The van der Waals surface area contributed by atoms with Crippen molar-refractivity contribution in [3.05, 3.63) is 29.3 Å². The number of rotatable bonds is 6. The highest BCUT2D eigenvalue weighted by molar-refractivity contribution is 5.44. The highest BCUT2D eigenvalue weighted by atomic mass is 16.5. The van der Waals surface area contributed by atoms with Gasteiger partial charge in [0.1, 0.15) is 5.75 Å². The van der Waals surface area contributed by atoms with Crippen molar-refractivity contribution in [2.75, 3.05) is 13.2 Å². The highest BCUT2D eigenvalue weighted by Crippen LogP contribution is 2.36. The van der Waals surface area contributed by atoms with Crippen molar-refractivity contribution < 1.29 is 9.84 Å². The Morgan fingerprint density at radius 3 is 3.06 bits per heavy atom. The minimum atomic E-state index is 0.314. The van der Waals surface area contributed by atoms with Gasteiger partial charge in [-0.3, -0.25) is 0 Å². The van der Waals surface area contributed by atoms with Crippen molar-refractivity contribution in [1.29, 1.82) is 0 Å². The molecule has 1 aliphatic carbocycles. The molecule has 2 N–H and O–H groups in total. The average Bonchev–Trinajstić information content (AvgIpc) is 2.73. The maximum absolute atomic E-state index is 9.77. The normalized spacial score (nSPS) is 18.3. The van der Waals surface area contributed by atoms with Crippen molar-refractivity contribution in [3.63, 3.8) is 0 Å². The Morgan fingerprint density at radius 2 is 2.28 bits per heavy atom. The van der Waals surface area contributed by atoms with Gasteiger partial charge in [0.05, 0.1) is 6.10 Å². The van der Waals surface area contributed by atoms with Crippen LogP contribution in [0.1, 0.15) is 43.9 Å². The first-order valence-electron chi connectivity index (χ1n) is 6.84. The third kappa shape index (κ3) is 3.24. The minimum Gasteiger partial charge on any atom is -0.508 e. The van der Waals surface area contributed by atoms with E-state index in [0.29, 0.717) is 17.9 Å². The van der Waals surface area contributed by atoms with Gasteiger partial charge in [-0.05, 0) is 56.8 Å². The second kappa shape index (κ2) is 6.21. The summed E-state index contributed by atoms with van der Waals surface area (Å²) < 4.78 is 5.52. The van der Waals surface area contributed by atoms with Crippen molar-refractivity contribution >= 4 is 0 Å². The molecule has 0 bridgehead atoms. The quantitative estimate of drug-likeness (QED) is 0.762. The molecular formula is C15H23NO2. The van der Waals surface area contributed by atoms with Gasteiger partial charge in [-0.25, -0.2) is 0 Å². The zero-order valence-electron chi connectivity index (χ0n) is 11.3. The summed E-state index contributed by atoms with van der Waals surface area (Å²) in [5, 5.41) is 13.3. The molecule has 1 atom stereocenters. The lowest BCUT2D eigenvalue weighted by Crippen LogP contribution is -2.22. The summed E-state index contributed by atoms with van der Waals surface area (Å²) >= 11 is 0. The van der Waals surface area contributed by atoms with Gasteiger partial charge in [-0.2, -0.15) is 0 Å². The number of fused-ring (bicyclic) bond motifs is 1. The van der Waals surface area contributed by atoms with E-state index in [1.54, 1.807) is 6.07 Å². The fourth-order valence-electron chi connectivity index (χ4n) is 2.51. The van der Waals surface area contributed by atoms with E-state index >= 15 is 0 Å². The van der Waals surface area contributed by atoms with Crippen LogP contribution in [0.25, 0.3) is 0 Å². The van der Waals surface area contributed by atoms with Gasteiger partial charge >= 0.3 is 0 Å². The van der Waals surface area contributed by atoms with E-state index in [9.17, 15) is 5.11 Å². The number of phenolic OH excluding ortho intramolecular Hbond substituents is 1. The van der Waals surface area contributed by atoms with E-state index in [2.05, 4.69) is 25.2 Å². The third-order valence-corrected chi connectivity index (χ3v) is 3.41. The summed E-state index contributed by atoms with van der Waals surface area (Å²) in [6.07, 6.45) is 3.40. The molecule has 3 heteroatoms. The molecule has 1 aromatic carbocycles. The molecule has 2 rings (SSSR count). The number of phenols is 1. The molecule has 1 aliphatic rings. The molecule has 0 amide bonds. The van der Waals surface area contributed by atoms with E-state index in [1.165, 1.54) is 5.56 Å². The molecule has 1 unspecified atom stereocenters. The van der Waals surface area contributed by atoms with E-state index in [0.717, 1.165) is 38.0 Å². The summed E-state index contributed by atoms with van der Waals surface area (Å²) in [5.41, 5.74) is 2.38. The molecule has 0 fully saturated rings. The van der Waals surface area contributed by atoms with Crippen molar-refractivity contribution in [3.8, 4) is 5.75 Å². The molecule has 0 heterocycles. The Morgan fingerprint density at radius 1 is 1.44 bits per heavy atom. The zero-order valence-corrected chi connectivity index (χ0v) is 11.3. The van der Waals surface area contributed by atoms with Gasteiger partial charge in [0, 0.05) is 12.6 Å². The number of benzene rings is 1. The van der Waals surface area contributed by atoms with Crippen LogP contribution in [0.5, 0.6) is 5.75 Å². The van der Waals surface area contributed by atoms with Crippen LogP contribution in [0.15, 0.2) is 18.2 Å². The fourth-order valence-corrected chi connectivity index (χ4v) is 2.51. The largest absolute Gasteiger partial charge is 0.508 e. The van der Waals surface area contributed by atoms with E-state index < -0.39 is 0 Å². The number of hydrogen-bond acceptors (Lipinski definition) is 3. The smallest absolute Gasteiger partial charge is 0.119 e. The topological polar surface area (TPSA) is 41.5 Å². The SMILES string of the molecule is CC(C)OCCCNC1CCc2c(O)cccc21. The van der Waals surface area contributed by atoms with E-state index in [4.69, 9.17) is 4.74 Å². The summed E-state index contributed by atoms with van der Waals surface area (Å²) in [6.45, 7) is 5.89. The first-order chi connectivity index (χ1) is 8.68. The molecule has 18 heavy (non-hydrogen) atoms. The lowest BCUT2D eigenvalue weighted by Gasteiger charge is -2.14. The Bertz CT molecular complexity index is 390. The van der Waals surface area contributed by atoms with Crippen LogP contribution >= 0.6 is 0 Å². The predicted octanol–water partition coefficient (Wildman–Crippen LogP) is 2.78. The zero-order chi connectivity index (χ0) is 13.0. The van der Waals surface area contributed by atoms with E-state index in [-0.39, 0.29) is 0 Å². The maximum atomic E-state index is 9.77. The van der Waals surface area contributed by atoms with Crippen molar-refractivity contribution in [2.45, 2.75) is 45.3 Å². The average molecular weight is 249 g/mol. The lowest BCUT2D eigenvalue weighted by molar-refractivity contribution is 0.0767. The monoisotopic (exact) mass is 249 g/mol. The summed E-state index contributed by atoms with van der Waals surface area (Å²) in [7, 11) is 0. The van der Waals surface area contributed by atoms with Crippen LogP contribution in [0, 0.1) is 0 Å². The second-order valence-electron chi connectivity index (χ2n) is 5.16. The summed E-state index contributed by atoms with van der Waals surface area (Å²) in [6, 6.07) is 6.21. The van der Waals surface area contributed by atoms with Crippen molar-refractivity contribution in [2.24, 2.45) is 0 Å². The number of ether oxygens (including phenoxy) is 1. The predicted molar refractivity (Wildman–Crippen MR) is 72.9 cm³/mol. The highest BCUT2D eigenvalue weighted by Gasteiger charge is 2.23. The molecule has 0 aliphatic heterocycles. The molecule has 100 valence electrons. The number of nitrogens with one attached hydrogen (secondary N) is 1. The van der Waals surface area contributed by atoms with Crippen LogP contribution in [0.4, 0.5) is 0 Å². The van der Waals surface area contributed by atoms with Gasteiger partial charge in [0.2, 0.25) is 0 Å². The number of hydrogen-bond donors (Lipinski definition) is 2. The maximum Gasteiger partial charge on any atom is 0.119 e. The molecule has 0 saturated carbocycles. The first-order valence-corrected chi connectivity index (χ1v) is 6.84. The Hall–Kier alpha value is -1.06. The van der Waals surface area contributed by atoms with Gasteiger partial charge in [-0.15, -0.1) is 0 Å². The molecule has 0 radical (unpaired) electrons. The Labute approximate surface area is 109 Å². The van der Waals surface area contributed by atoms with Crippen LogP contribution < -0.4 is 5.32 Å². The third-order valence-electron chi connectivity index (χ3n) is 3.41. The molecule has 0 spiro atoms. The van der Waals surface area contributed by atoms with Gasteiger partial charge < -0.3 is 15.2 Å². The lowest BCUT2D eigenvalue weighted by atomic mass is 10.1. The van der Waals surface area contributed by atoms with Crippen LogP contribution in [-0.2, 0) is 11.2 Å².